The maximum absolute atomic E-state index is 5.49. The van der Waals surface area contributed by atoms with Crippen molar-refractivity contribution in [2.75, 3.05) is 11.5 Å². The minimum Gasteiger partial charge on any atom is -0.326 e. The van der Waals surface area contributed by atoms with Gasteiger partial charge in [-0.3, -0.25) is 0 Å². The zero-order valence-electron chi connectivity index (χ0n) is 3.39. The molecule has 0 unspecified atom stereocenters. The summed E-state index contributed by atoms with van der Waals surface area (Å²) >= 11 is 0. The smallest absolute Gasteiger partial charge is 0.0239 e. The Morgan fingerprint density at radius 3 is 2.00 bits per heavy atom. The van der Waals surface area contributed by atoms with Crippen LogP contribution in [0.4, 0.5) is 0 Å². The van der Waals surface area contributed by atoms with Crippen molar-refractivity contribution in [1.29, 1.82) is 0 Å². The summed E-state index contributed by atoms with van der Waals surface area (Å²) in [5.74, 6) is 2.29. The van der Waals surface area contributed by atoms with Crippen molar-refractivity contribution in [1.82, 2.24) is 0 Å². The highest BCUT2D eigenvalue weighted by molar-refractivity contribution is 8.77. The average Bonchev–Trinajstić information content (AvgIpc) is 1.86. The third kappa shape index (κ3) is 1.06. The monoisotopic (exact) mass is 121 g/mol. The fourth-order valence-corrected chi connectivity index (χ4v) is 2.87. The van der Waals surface area contributed by atoms with Gasteiger partial charge in [0.05, 0.1) is 0 Å². The third-order valence-electron chi connectivity index (χ3n) is 0.648. The molecule has 3 heteroatoms. The van der Waals surface area contributed by atoms with Crippen LogP contribution in [0.5, 0.6) is 0 Å². The average molecular weight is 121 g/mol. The highest BCUT2D eigenvalue weighted by atomic mass is 33.1. The van der Waals surface area contributed by atoms with E-state index in [1.165, 1.54) is 0 Å². The lowest BCUT2D eigenvalue weighted by atomic mass is 10.4. The Hall–Kier alpha value is 0.660. The van der Waals surface area contributed by atoms with E-state index in [0.717, 1.165) is 11.5 Å². The second-order valence-corrected chi connectivity index (χ2v) is 3.88. The van der Waals surface area contributed by atoms with Crippen LogP contribution in [0, 0.1) is 0 Å². The molecule has 0 bridgehead atoms. The number of hydrogen-bond donors (Lipinski definition) is 1. The molecule has 2 N–H and O–H groups in total. The van der Waals surface area contributed by atoms with E-state index < -0.39 is 0 Å². The van der Waals surface area contributed by atoms with Gasteiger partial charge in [0.25, 0.3) is 0 Å². The summed E-state index contributed by atoms with van der Waals surface area (Å²) < 4.78 is 0. The fourth-order valence-electron chi connectivity index (χ4n) is 0.319. The molecule has 6 heavy (non-hydrogen) atoms. The van der Waals surface area contributed by atoms with Crippen LogP contribution in [0.25, 0.3) is 0 Å². The summed E-state index contributed by atoms with van der Waals surface area (Å²) in [4.78, 5) is 0. The van der Waals surface area contributed by atoms with Gasteiger partial charge in [0, 0.05) is 17.5 Å². The SMILES string of the molecule is NC1CSSC1. The van der Waals surface area contributed by atoms with Crippen molar-refractivity contribution in [3.05, 3.63) is 0 Å². The number of nitrogens with two attached hydrogens (primary N) is 1. The topological polar surface area (TPSA) is 26.0 Å². The third-order valence-corrected chi connectivity index (χ3v) is 3.26. The van der Waals surface area contributed by atoms with Gasteiger partial charge in [0.1, 0.15) is 0 Å². The molecule has 1 saturated heterocycles. The Kier molecular flexibility index (Phi) is 1.68. The van der Waals surface area contributed by atoms with E-state index in [-0.39, 0.29) is 0 Å². The minimum atomic E-state index is 0.472. The molecule has 0 aromatic heterocycles. The minimum absolute atomic E-state index is 0.472. The van der Waals surface area contributed by atoms with Gasteiger partial charge in [-0.1, -0.05) is 21.6 Å². The lowest BCUT2D eigenvalue weighted by Crippen LogP contribution is -2.20. The first-order chi connectivity index (χ1) is 2.89. The van der Waals surface area contributed by atoms with E-state index in [4.69, 9.17) is 5.73 Å². The first kappa shape index (κ1) is 4.81. The van der Waals surface area contributed by atoms with Gasteiger partial charge >= 0.3 is 0 Å². The Bertz CT molecular complexity index is 42.1. The molecule has 1 fully saturated rings. The van der Waals surface area contributed by atoms with Crippen LogP contribution in [-0.4, -0.2) is 17.5 Å². The molecule has 36 valence electrons. The van der Waals surface area contributed by atoms with Gasteiger partial charge in [-0.05, 0) is 0 Å². The molecule has 0 aliphatic carbocycles. The zero-order chi connectivity index (χ0) is 4.41. The van der Waals surface area contributed by atoms with Gasteiger partial charge in [-0.15, -0.1) is 0 Å². The first-order valence-corrected chi connectivity index (χ1v) is 4.38. The van der Waals surface area contributed by atoms with Crippen molar-refractivity contribution in [2.45, 2.75) is 6.04 Å². The highest BCUT2D eigenvalue weighted by Crippen LogP contribution is 2.29. The summed E-state index contributed by atoms with van der Waals surface area (Å²) in [6.45, 7) is 0. The Balaban J connectivity index is 2.18. The quantitative estimate of drug-likeness (QED) is 0.478. The second-order valence-electron chi connectivity index (χ2n) is 1.33. The number of rotatable bonds is 0. The first-order valence-electron chi connectivity index (χ1n) is 1.89. The Morgan fingerprint density at radius 1 is 1.33 bits per heavy atom. The van der Waals surface area contributed by atoms with Gasteiger partial charge in [-0.25, -0.2) is 0 Å². The van der Waals surface area contributed by atoms with Gasteiger partial charge in [0.15, 0.2) is 0 Å². The van der Waals surface area contributed by atoms with Crippen LogP contribution in [0.1, 0.15) is 0 Å². The molecule has 1 rings (SSSR count). The number of hydrogen-bond acceptors (Lipinski definition) is 3. The zero-order valence-corrected chi connectivity index (χ0v) is 5.02. The second kappa shape index (κ2) is 2.09. The molecule has 0 radical (unpaired) electrons. The summed E-state index contributed by atoms with van der Waals surface area (Å²) in [6, 6.07) is 0.472. The van der Waals surface area contributed by atoms with E-state index in [1.54, 1.807) is 0 Å². The van der Waals surface area contributed by atoms with Gasteiger partial charge < -0.3 is 5.73 Å². The van der Waals surface area contributed by atoms with E-state index in [1.807, 2.05) is 21.6 Å². The molecule has 0 spiro atoms. The van der Waals surface area contributed by atoms with Crippen molar-refractivity contribution in [3.63, 3.8) is 0 Å². The summed E-state index contributed by atoms with van der Waals surface area (Å²) in [6.07, 6.45) is 0. The van der Waals surface area contributed by atoms with Crippen LogP contribution < -0.4 is 5.73 Å². The van der Waals surface area contributed by atoms with Crippen molar-refractivity contribution in [3.8, 4) is 0 Å². The molecule has 0 saturated carbocycles. The molecule has 1 aliphatic rings. The lowest BCUT2D eigenvalue weighted by Gasteiger charge is -1.90. The van der Waals surface area contributed by atoms with E-state index >= 15 is 0 Å². The molecule has 0 amide bonds. The maximum atomic E-state index is 5.49. The lowest BCUT2D eigenvalue weighted by molar-refractivity contribution is 0.872. The van der Waals surface area contributed by atoms with Crippen molar-refractivity contribution >= 4 is 21.6 Å². The molecular weight excluding hydrogens is 114 g/mol. The normalized spacial score (nSPS) is 25.5. The molecule has 1 aliphatic heterocycles. The fraction of sp³-hybridized carbons (Fsp3) is 1.00. The summed E-state index contributed by atoms with van der Waals surface area (Å²) in [7, 11) is 3.75. The molecular formula is C3H7NS2. The van der Waals surface area contributed by atoms with E-state index in [9.17, 15) is 0 Å². The standard InChI is InChI=1S/C3H7NS2/c4-3-1-5-6-2-3/h3H,1-2,4H2. The van der Waals surface area contributed by atoms with Crippen molar-refractivity contribution in [2.24, 2.45) is 5.73 Å². The molecule has 0 aromatic carbocycles. The van der Waals surface area contributed by atoms with Crippen LogP contribution in [0.2, 0.25) is 0 Å². The maximum Gasteiger partial charge on any atom is 0.0239 e. The highest BCUT2D eigenvalue weighted by Gasteiger charge is 2.09. The van der Waals surface area contributed by atoms with Crippen LogP contribution >= 0.6 is 21.6 Å². The van der Waals surface area contributed by atoms with E-state index in [2.05, 4.69) is 0 Å². The van der Waals surface area contributed by atoms with Crippen LogP contribution in [0.15, 0.2) is 0 Å². The predicted octanol–water partition coefficient (Wildman–Crippen LogP) is 0.709. The van der Waals surface area contributed by atoms with Crippen LogP contribution in [-0.2, 0) is 0 Å². The summed E-state index contributed by atoms with van der Waals surface area (Å²) in [5, 5.41) is 0. The molecule has 1 heterocycles. The molecule has 0 aromatic rings. The predicted molar refractivity (Wildman–Crippen MR) is 32.9 cm³/mol. The van der Waals surface area contributed by atoms with Gasteiger partial charge in [0.2, 0.25) is 0 Å². The molecule has 0 atom stereocenters. The summed E-state index contributed by atoms with van der Waals surface area (Å²) in [5.41, 5.74) is 5.49. The largest absolute Gasteiger partial charge is 0.326 e. The molecule has 1 nitrogen and oxygen atoms in total. The Morgan fingerprint density at radius 2 is 1.83 bits per heavy atom. The van der Waals surface area contributed by atoms with Gasteiger partial charge in [-0.2, -0.15) is 0 Å². The van der Waals surface area contributed by atoms with Crippen molar-refractivity contribution < 1.29 is 0 Å². The Labute approximate surface area is 45.4 Å². The van der Waals surface area contributed by atoms with Crippen LogP contribution in [0.3, 0.4) is 0 Å². The van der Waals surface area contributed by atoms with E-state index in [0.29, 0.717) is 6.04 Å².